The predicted octanol–water partition coefficient (Wildman–Crippen LogP) is 2.54. The molecule has 20 heavy (non-hydrogen) atoms. The van der Waals surface area contributed by atoms with Crippen molar-refractivity contribution in [3.05, 3.63) is 35.9 Å². The number of ether oxygens (including phenoxy) is 1. The van der Waals surface area contributed by atoms with Gasteiger partial charge in [-0.3, -0.25) is 4.79 Å². The van der Waals surface area contributed by atoms with Gasteiger partial charge in [-0.1, -0.05) is 38.0 Å². The van der Waals surface area contributed by atoms with E-state index in [2.05, 4.69) is 12.2 Å². The zero-order valence-corrected chi connectivity index (χ0v) is 11.8. The number of esters is 1. The maximum absolute atomic E-state index is 11.8. The van der Waals surface area contributed by atoms with Crippen molar-refractivity contribution in [3.8, 4) is 0 Å². The molecule has 4 heteroatoms. The SMILES string of the molecule is C[C@H]1CCCC[C@H]1NC(=O)COC(=O)c1ccccc1. The van der Waals surface area contributed by atoms with Crippen molar-refractivity contribution in [1.29, 1.82) is 0 Å². The molecule has 2 atom stereocenters. The van der Waals surface area contributed by atoms with Crippen LogP contribution in [-0.2, 0) is 9.53 Å². The third-order valence-corrected chi connectivity index (χ3v) is 3.80. The molecule has 1 aliphatic carbocycles. The number of amides is 1. The van der Waals surface area contributed by atoms with Crippen LogP contribution in [0, 0.1) is 5.92 Å². The number of carbonyl (C=O) groups is 2. The summed E-state index contributed by atoms with van der Waals surface area (Å²) in [5.74, 6) is -0.178. The number of carbonyl (C=O) groups excluding carboxylic acids is 2. The largest absolute Gasteiger partial charge is 0.452 e. The Morgan fingerprint density at radius 2 is 1.90 bits per heavy atom. The Hall–Kier alpha value is -1.84. The first-order chi connectivity index (χ1) is 9.66. The highest BCUT2D eigenvalue weighted by Crippen LogP contribution is 2.23. The fourth-order valence-electron chi connectivity index (χ4n) is 2.57. The first-order valence-electron chi connectivity index (χ1n) is 7.18. The first-order valence-corrected chi connectivity index (χ1v) is 7.18. The van der Waals surface area contributed by atoms with Crippen LogP contribution < -0.4 is 5.32 Å². The Bertz CT molecular complexity index is 458. The van der Waals surface area contributed by atoms with E-state index in [9.17, 15) is 9.59 Å². The lowest BCUT2D eigenvalue weighted by molar-refractivity contribution is -0.125. The van der Waals surface area contributed by atoms with Crippen molar-refractivity contribution >= 4 is 11.9 Å². The molecular formula is C16H21NO3. The summed E-state index contributed by atoms with van der Waals surface area (Å²) in [4.78, 5) is 23.5. The van der Waals surface area contributed by atoms with Crippen molar-refractivity contribution in [2.75, 3.05) is 6.61 Å². The summed E-state index contributed by atoms with van der Waals surface area (Å²) >= 11 is 0. The summed E-state index contributed by atoms with van der Waals surface area (Å²) in [6.07, 6.45) is 4.55. The van der Waals surface area contributed by atoms with E-state index in [1.807, 2.05) is 6.07 Å². The van der Waals surface area contributed by atoms with Gasteiger partial charge in [0.1, 0.15) is 0 Å². The Labute approximate surface area is 119 Å². The molecule has 0 heterocycles. The molecule has 0 aromatic heterocycles. The summed E-state index contributed by atoms with van der Waals surface area (Å²) in [6, 6.07) is 8.91. The lowest BCUT2D eigenvalue weighted by atomic mass is 9.86. The van der Waals surface area contributed by atoms with Crippen LogP contribution in [0.1, 0.15) is 43.0 Å². The summed E-state index contributed by atoms with van der Waals surface area (Å²) < 4.78 is 5.02. The average molecular weight is 275 g/mol. The van der Waals surface area contributed by atoms with Gasteiger partial charge < -0.3 is 10.1 Å². The summed E-state index contributed by atoms with van der Waals surface area (Å²) in [5, 5.41) is 2.96. The van der Waals surface area contributed by atoms with E-state index in [0.717, 1.165) is 19.3 Å². The zero-order chi connectivity index (χ0) is 14.4. The van der Waals surface area contributed by atoms with Crippen LogP contribution in [0.4, 0.5) is 0 Å². The molecule has 2 rings (SSSR count). The van der Waals surface area contributed by atoms with E-state index in [0.29, 0.717) is 11.5 Å². The summed E-state index contributed by atoms with van der Waals surface area (Å²) in [6.45, 7) is 1.94. The minimum absolute atomic E-state index is 0.211. The minimum Gasteiger partial charge on any atom is -0.452 e. The standard InChI is InChI=1S/C16H21NO3/c1-12-7-5-6-10-14(12)17-15(18)11-20-16(19)13-8-3-2-4-9-13/h2-4,8-9,12,14H,5-7,10-11H2,1H3,(H,17,18)/t12-,14+/m0/s1. The topological polar surface area (TPSA) is 55.4 Å². The number of rotatable bonds is 4. The molecule has 4 nitrogen and oxygen atoms in total. The fourth-order valence-corrected chi connectivity index (χ4v) is 2.57. The number of benzene rings is 1. The monoisotopic (exact) mass is 275 g/mol. The number of nitrogens with one attached hydrogen (secondary N) is 1. The molecule has 1 amide bonds. The van der Waals surface area contributed by atoms with Crippen molar-refractivity contribution in [1.82, 2.24) is 5.32 Å². The fraction of sp³-hybridized carbons (Fsp3) is 0.500. The number of hydrogen-bond donors (Lipinski definition) is 1. The molecule has 0 saturated heterocycles. The quantitative estimate of drug-likeness (QED) is 0.859. The van der Waals surface area contributed by atoms with E-state index >= 15 is 0 Å². The Morgan fingerprint density at radius 3 is 2.60 bits per heavy atom. The summed E-state index contributed by atoms with van der Waals surface area (Å²) in [7, 11) is 0. The Morgan fingerprint density at radius 1 is 1.20 bits per heavy atom. The lowest BCUT2D eigenvalue weighted by Gasteiger charge is -2.29. The first kappa shape index (κ1) is 14.6. The molecule has 1 N–H and O–H groups in total. The van der Waals surface area contributed by atoms with E-state index in [4.69, 9.17) is 4.74 Å². The van der Waals surface area contributed by atoms with Crippen molar-refractivity contribution < 1.29 is 14.3 Å². The molecule has 0 unspecified atom stereocenters. The molecule has 0 spiro atoms. The Balaban J connectivity index is 1.76. The molecule has 1 saturated carbocycles. The molecule has 1 aromatic carbocycles. The second kappa shape index (κ2) is 7.08. The normalized spacial score (nSPS) is 22.1. The highest BCUT2D eigenvalue weighted by Gasteiger charge is 2.23. The maximum Gasteiger partial charge on any atom is 0.338 e. The second-order valence-electron chi connectivity index (χ2n) is 5.38. The van der Waals surface area contributed by atoms with Crippen LogP contribution in [0.3, 0.4) is 0 Å². The van der Waals surface area contributed by atoms with Gasteiger partial charge in [0, 0.05) is 6.04 Å². The molecular weight excluding hydrogens is 254 g/mol. The van der Waals surface area contributed by atoms with E-state index in [1.54, 1.807) is 24.3 Å². The Kier molecular flexibility index (Phi) is 5.16. The van der Waals surface area contributed by atoms with Gasteiger partial charge in [-0.2, -0.15) is 0 Å². The highest BCUT2D eigenvalue weighted by atomic mass is 16.5. The van der Waals surface area contributed by atoms with E-state index in [1.165, 1.54) is 6.42 Å². The predicted molar refractivity (Wildman–Crippen MR) is 76.3 cm³/mol. The van der Waals surface area contributed by atoms with Crippen molar-refractivity contribution in [3.63, 3.8) is 0 Å². The van der Waals surface area contributed by atoms with Crippen LogP contribution >= 0.6 is 0 Å². The van der Waals surface area contributed by atoms with Crippen molar-refractivity contribution in [2.45, 2.75) is 38.6 Å². The van der Waals surface area contributed by atoms with Crippen LogP contribution in [0.25, 0.3) is 0 Å². The molecule has 1 aliphatic rings. The third-order valence-electron chi connectivity index (χ3n) is 3.80. The van der Waals surface area contributed by atoms with Gasteiger partial charge in [0.25, 0.3) is 5.91 Å². The van der Waals surface area contributed by atoms with Gasteiger partial charge in [0.2, 0.25) is 0 Å². The second-order valence-corrected chi connectivity index (χ2v) is 5.38. The van der Waals surface area contributed by atoms with Gasteiger partial charge in [-0.25, -0.2) is 4.79 Å². The molecule has 0 aliphatic heterocycles. The zero-order valence-electron chi connectivity index (χ0n) is 11.8. The van der Waals surface area contributed by atoms with Gasteiger partial charge in [-0.15, -0.1) is 0 Å². The maximum atomic E-state index is 11.8. The van der Waals surface area contributed by atoms with Crippen LogP contribution in [-0.4, -0.2) is 24.5 Å². The van der Waals surface area contributed by atoms with E-state index < -0.39 is 5.97 Å². The minimum atomic E-state index is -0.461. The van der Waals surface area contributed by atoms with Crippen LogP contribution in [0.2, 0.25) is 0 Å². The molecule has 0 radical (unpaired) electrons. The van der Waals surface area contributed by atoms with Crippen LogP contribution in [0.15, 0.2) is 30.3 Å². The lowest BCUT2D eigenvalue weighted by Crippen LogP contribution is -2.42. The average Bonchev–Trinajstić information content (AvgIpc) is 2.48. The van der Waals surface area contributed by atoms with Gasteiger partial charge in [0.15, 0.2) is 6.61 Å². The van der Waals surface area contributed by atoms with Crippen LogP contribution in [0.5, 0.6) is 0 Å². The smallest absolute Gasteiger partial charge is 0.338 e. The van der Waals surface area contributed by atoms with Crippen molar-refractivity contribution in [2.24, 2.45) is 5.92 Å². The summed E-state index contributed by atoms with van der Waals surface area (Å²) in [5.41, 5.74) is 0.464. The van der Waals surface area contributed by atoms with E-state index in [-0.39, 0.29) is 18.6 Å². The molecule has 0 bridgehead atoms. The molecule has 108 valence electrons. The molecule has 1 fully saturated rings. The number of hydrogen-bond acceptors (Lipinski definition) is 3. The highest BCUT2D eigenvalue weighted by molar-refractivity contribution is 5.91. The van der Waals surface area contributed by atoms with Gasteiger partial charge >= 0.3 is 5.97 Å². The third kappa shape index (κ3) is 4.08. The molecule has 1 aromatic rings. The van der Waals surface area contributed by atoms with Gasteiger partial charge in [0.05, 0.1) is 5.56 Å². The van der Waals surface area contributed by atoms with Gasteiger partial charge in [-0.05, 0) is 30.9 Å².